The molecule has 1 saturated heterocycles. The van der Waals surface area contributed by atoms with Crippen LogP contribution in [0.3, 0.4) is 0 Å². The lowest BCUT2D eigenvalue weighted by Crippen LogP contribution is -2.59. The van der Waals surface area contributed by atoms with E-state index in [4.69, 9.17) is 4.74 Å². The first kappa shape index (κ1) is 44.4. The molecule has 300 valence electrons. The molecule has 1 fully saturated rings. The van der Waals surface area contributed by atoms with Gasteiger partial charge in [-0.3, -0.25) is 28.9 Å². The molecule has 54 heavy (non-hydrogen) atoms. The fourth-order valence-corrected chi connectivity index (χ4v) is 7.60. The molecule has 2 heterocycles. The predicted molar refractivity (Wildman–Crippen MR) is 208 cm³/mol. The van der Waals surface area contributed by atoms with Gasteiger partial charge in [0.15, 0.2) is 6.73 Å². The van der Waals surface area contributed by atoms with Gasteiger partial charge in [0.25, 0.3) is 5.91 Å². The highest BCUT2D eigenvalue weighted by atomic mass is 32.1. The van der Waals surface area contributed by atoms with Crippen molar-refractivity contribution in [3.8, 4) is 5.75 Å². The molecule has 1 aliphatic rings. The van der Waals surface area contributed by atoms with Gasteiger partial charge >= 0.3 is 11.9 Å². The molecule has 13 nitrogen and oxygen atoms in total. The molecule has 1 aromatic heterocycles. The van der Waals surface area contributed by atoms with Gasteiger partial charge < -0.3 is 30.5 Å². The highest BCUT2D eigenvalue weighted by Crippen LogP contribution is 2.24. The maximum Gasteiger partial charge on any atom is 0.307 e. The number of likely N-dealkylation sites (tertiary alicyclic amines) is 1. The van der Waals surface area contributed by atoms with E-state index in [-0.39, 0.29) is 66.7 Å². The van der Waals surface area contributed by atoms with Crippen LogP contribution >= 0.6 is 11.3 Å². The molecule has 3 rings (SSSR count). The number of benzene rings is 1. The molecular formula is C40H61N5O8S. The second kappa shape index (κ2) is 21.7. The molecule has 0 saturated carbocycles. The number of aromatic hydroxyl groups is 1. The highest BCUT2D eigenvalue weighted by Gasteiger charge is 2.37. The zero-order valence-corrected chi connectivity index (χ0v) is 33.8. The number of ether oxygens (including phenoxy) is 1. The standard InChI is InChI=1S/C40H61N5O8S/c1-8-12-35(47)53-24-45(39(50)36(26(5)9-2)43-38(49)33-13-10-11-20-44(33)7)32(25(3)4)18-19-34-42-31(23-54-34)37(48)41-29(21-27(6)40(51)52)22-28-14-16-30(46)17-15-28/h14-17,23,25-27,29,32-33,36,46H,8-13,18-22,24H2,1-7H3,(H,41,48)(H,43,49)(H,51,52)/t26-,27-,29+,32?,33+,36-/m0/s1. The molecule has 0 spiro atoms. The fourth-order valence-electron chi connectivity index (χ4n) is 6.81. The number of carboxylic acid groups (broad SMARTS) is 1. The molecule has 1 aliphatic heterocycles. The Morgan fingerprint density at radius 1 is 1.06 bits per heavy atom. The number of rotatable bonds is 21. The third-order valence-corrected chi connectivity index (χ3v) is 11.3. The molecule has 6 atom stereocenters. The zero-order valence-electron chi connectivity index (χ0n) is 33.0. The number of phenols is 1. The Morgan fingerprint density at radius 3 is 2.37 bits per heavy atom. The number of thiazole rings is 1. The Kier molecular flexibility index (Phi) is 17.9. The minimum atomic E-state index is -0.960. The Balaban J connectivity index is 1.80. The van der Waals surface area contributed by atoms with Crippen LogP contribution in [0.15, 0.2) is 29.6 Å². The van der Waals surface area contributed by atoms with Gasteiger partial charge in [-0.15, -0.1) is 11.3 Å². The first-order valence-electron chi connectivity index (χ1n) is 19.4. The number of carboxylic acids is 1. The fraction of sp³-hybridized carbons (Fsp3) is 0.650. The van der Waals surface area contributed by atoms with Gasteiger partial charge in [-0.1, -0.05) is 66.5 Å². The number of aromatic nitrogens is 1. The van der Waals surface area contributed by atoms with Crippen LogP contribution in [0.25, 0.3) is 0 Å². The SMILES string of the molecule is CCCC(=O)OCN(C(=O)[C@@H](NC(=O)[C@H]1CCCCN1C)[C@@H](C)CC)C(CCc1nc(C(=O)N[C@@H](Cc2ccc(O)cc2)C[C@H](C)C(=O)O)cs1)C(C)C. The van der Waals surface area contributed by atoms with Crippen LogP contribution in [-0.4, -0.2) is 99.1 Å². The average molecular weight is 772 g/mol. The number of likely N-dealkylation sites (N-methyl/N-ethyl adjacent to an activating group) is 1. The van der Waals surface area contributed by atoms with Crippen LogP contribution < -0.4 is 10.6 Å². The Labute approximate surface area is 324 Å². The summed E-state index contributed by atoms with van der Waals surface area (Å²) >= 11 is 1.32. The van der Waals surface area contributed by atoms with Crippen LogP contribution in [0.5, 0.6) is 5.75 Å². The lowest BCUT2D eigenvalue weighted by atomic mass is 9.93. The smallest absolute Gasteiger partial charge is 0.307 e. The van der Waals surface area contributed by atoms with E-state index in [9.17, 15) is 34.2 Å². The van der Waals surface area contributed by atoms with Crippen LogP contribution in [-0.2, 0) is 36.8 Å². The van der Waals surface area contributed by atoms with Crippen LogP contribution in [0.2, 0.25) is 0 Å². The van der Waals surface area contributed by atoms with Crippen molar-refractivity contribution < 1.29 is 38.9 Å². The number of piperidine rings is 1. The molecule has 0 aliphatic carbocycles. The summed E-state index contributed by atoms with van der Waals surface area (Å²) in [4.78, 5) is 73.9. The highest BCUT2D eigenvalue weighted by molar-refractivity contribution is 7.09. The zero-order chi connectivity index (χ0) is 39.9. The number of esters is 1. The maximum atomic E-state index is 14.5. The first-order chi connectivity index (χ1) is 25.6. The van der Waals surface area contributed by atoms with Crippen molar-refractivity contribution in [1.82, 2.24) is 25.4 Å². The van der Waals surface area contributed by atoms with Crippen molar-refractivity contribution in [1.29, 1.82) is 0 Å². The van der Waals surface area contributed by atoms with Gasteiger partial charge in [0, 0.05) is 30.3 Å². The van der Waals surface area contributed by atoms with Crippen LogP contribution in [0.4, 0.5) is 0 Å². The molecular weight excluding hydrogens is 711 g/mol. The number of carbonyl (C=O) groups excluding carboxylic acids is 4. The average Bonchev–Trinajstić information content (AvgIpc) is 3.61. The van der Waals surface area contributed by atoms with Gasteiger partial charge in [0.2, 0.25) is 11.8 Å². The summed E-state index contributed by atoms with van der Waals surface area (Å²) in [5, 5.41) is 27.6. The molecule has 1 unspecified atom stereocenters. The van der Waals surface area contributed by atoms with Gasteiger partial charge in [0.1, 0.15) is 17.5 Å². The summed E-state index contributed by atoms with van der Waals surface area (Å²) in [6, 6.07) is 4.59. The van der Waals surface area contributed by atoms with Crippen molar-refractivity contribution in [2.24, 2.45) is 17.8 Å². The monoisotopic (exact) mass is 771 g/mol. The molecule has 0 radical (unpaired) electrons. The van der Waals surface area contributed by atoms with E-state index in [0.29, 0.717) is 37.1 Å². The normalized spacial score (nSPS) is 17.5. The summed E-state index contributed by atoms with van der Waals surface area (Å²) in [7, 11) is 1.93. The summed E-state index contributed by atoms with van der Waals surface area (Å²) in [6.07, 6.45) is 5.68. The first-order valence-corrected chi connectivity index (χ1v) is 20.3. The maximum absolute atomic E-state index is 14.5. The number of amides is 3. The second-order valence-electron chi connectivity index (χ2n) is 15.1. The summed E-state index contributed by atoms with van der Waals surface area (Å²) < 4.78 is 5.64. The number of aryl methyl sites for hydroxylation is 1. The van der Waals surface area contributed by atoms with E-state index in [1.54, 1.807) is 41.5 Å². The number of nitrogens with one attached hydrogen (secondary N) is 2. The van der Waals surface area contributed by atoms with Crippen LogP contribution in [0.1, 0.15) is 114 Å². The number of aliphatic carboxylic acids is 1. The van der Waals surface area contributed by atoms with E-state index in [1.807, 2.05) is 46.6 Å². The van der Waals surface area contributed by atoms with E-state index < -0.39 is 35.8 Å². The molecule has 14 heteroatoms. The lowest BCUT2D eigenvalue weighted by Gasteiger charge is -2.39. The third-order valence-electron chi connectivity index (χ3n) is 10.4. The second-order valence-corrected chi connectivity index (χ2v) is 16.0. The molecule has 4 N–H and O–H groups in total. The van der Waals surface area contributed by atoms with E-state index in [2.05, 4.69) is 15.6 Å². The predicted octanol–water partition coefficient (Wildman–Crippen LogP) is 5.40. The van der Waals surface area contributed by atoms with Gasteiger partial charge in [0.05, 0.1) is 17.0 Å². The number of hydrogen-bond donors (Lipinski definition) is 4. The molecule has 2 aromatic rings. The summed E-state index contributed by atoms with van der Waals surface area (Å²) in [5.41, 5.74) is 1.05. The largest absolute Gasteiger partial charge is 0.508 e. The molecule has 0 bridgehead atoms. The van der Waals surface area contributed by atoms with Crippen molar-refractivity contribution in [3.05, 3.63) is 45.9 Å². The Hall–Kier alpha value is -4.04. The Morgan fingerprint density at radius 2 is 1.76 bits per heavy atom. The molecule has 3 amide bonds. The van der Waals surface area contributed by atoms with Gasteiger partial charge in [-0.05, 0) is 81.6 Å². The number of phenolic OH excluding ortho intramolecular Hbond substituents is 1. The topological polar surface area (TPSA) is 178 Å². The summed E-state index contributed by atoms with van der Waals surface area (Å²) in [5.74, 6) is -3.05. The van der Waals surface area contributed by atoms with Crippen molar-refractivity contribution in [2.75, 3.05) is 20.3 Å². The number of hydrogen-bond acceptors (Lipinski definition) is 10. The Bertz CT molecular complexity index is 1530. The lowest BCUT2D eigenvalue weighted by molar-refractivity contribution is -0.159. The quantitative estimate of drug-likeness (QED) is 0.0949. The van der Waals surface area contributed by atoms with Gasteiger partial charge in [-0.25, -0.2) is 4.98 Å². The van der Waals surface area contributed by atoms with Crippen molar-refractivity contribution in [3.63, 3.8) is 0 Å². The van der Waals surface area contributed by atoms with Crippen molar-refractivity contribution in [2.45, 2.75) is 130 Å². The van der Waals surface area contributed by atoms with Gasteiger partial charge in [-0.2, -0.15) is 0 Å². The minimum Gasteiger partial charge on any atom is -0.508 e. The van der Waals surface area contributed by atoms with Crippen molar-refractivity contribution >= 4 is 41.0 Å². The molecule has 1 aromatic carbocycles. The number of nitrogens with zero attached hydrogens (tertiary/aromatic N) is 3. The third kappa shape index (κ3) is 13.4. The number of carbonyl (C=O) groups is 5. The van der Waals surface area contributed by atoms with E-state index in [1.165, 1.54) is 11.3 Å². The van der Waals surface area contributed by atoms with E-state index in [0.717, 1.165) is 31.4 Å². The van der Waals surface area contributed by atoms with E-state index >= 15 is 0 Å². The van der Waals surface area contributed by atoms with Crippen LogP contribution in [0, 0.1) is 17.8 Å². The summed E-state index contributed by atoms with van der Waals surface area (Å²) in [6.45, 7) is 12.0. The minimum absolute atomic E-state index is 0.0452.